The number of imidazole rings is 1. The van der Waals surface area contributed by atoms with Gasteiger partial charge in [0.15, 0.2) is 16.7 Å². The second-order valence-electron chi connectivity index (χ2n) is 7.78. The lowest BCUT2D eigenvalue weighted by Crippen LogP contribution is -2.42. The minimum atomic E-state index is -0.481. The van der Waals surface area contributed by atoms with Crippen molar-refractivity contribution in [3.8, 4) is 0 Å². The van der Waals surface area contributed by atoms with Crippen LogP contribution in [0.4, 0.5) is 0 Å². The van der Waals surface area contributed by atoms with Crippen LogP contribution in [0.25, 0.3) is 16.9 Å². The summed E-state index contributed by atoms with van der Waals surface area (Å²) in [6, 6.07) is 4.28. The highest BCUT2D eigenvalue weighted by Crippen LogP contribution is 2.30. The van der Waals surface area contributed by atoms with Crippen LogP contribution in [0.3, 0.4) is 0 Å². The number of nitrogens with one attached hydrogen (secondary N) is 2. The Kier molecular flexibility index (Phi) is 5.26. The van der Waals surface area contributed by atoms with Gasteiger partial charge in [-0.3, -0.25) is 18.7 Å². The van der Waals surface area contributed by atoms with Gasteiger partial charge in [-0.1, -0.05) is 29.5 Å². The zero-order valence-electron chi connectivity index (χ0n) is 18.0. The Morgan fingerprint density at radius 2 is 1.84 bits per heavy atom. The zero-order chi connectivity index (χ0) is 22.4. The number of aryl methyl sites for hydroxylation is 4. The molecule has 0 aliphatic carbocycles. The second kappa shape index (κ2) is 7.77. The maximum atomic E-state index is 12.7. The summed E-state index contributed by atoms with van der Waals surface area (Å²) in [5.74, 6) is -0.271. The largest absolute Gasteiger partial charge is 0.356 e. The lowest BCUT2D eigenvalue weighted by Gasteiger charge is -2.17. The fourth-order valence-electron chi connectivity index (χ4n) is 4.01. The first-order valence-electron chi connectivity index (χ1n) is 9.78. The Labute approximate surface area is 182 Å². The van der Waals surface area contributed by atoms with Gasteiger partial charge in [-0.2, -0.15) is 0 Å². The SMILES string of the molecule is Cc1cc(C)c(C2=CSC(NC(=O)Cn3cnc4c3c(=O)n(C)c(=O)n4C)N2)c(C)c1. The third-order valence-electron chi connectivity index (χ3n) is 5.38. The number of carbonyl (C=O) groups excluding carboxylic acids is 1. The molecule has 162 valence electrons. The Hall–Kier alpha value is -3.27. The molecule has 9 nitrogen and oxygen atoms in total. The predicted molar refractivity (Wildman–Crippen MR) is 122 cm³/mol. The second-order valence-corrected chi connectivity index (χ2v) is 8.76. The number of amides is 1. The van der Waals surface area contributed by atoms with Gasteiger partial charge in [0.2, 0.25) is 5.91 Å². The van der Waals surface area contributed by atoms with E-state index in [4.69, 9.17) is 0 Å². The lowest BCUT2D eigenvalue weighted by molar-refractivity contribution is -0.121. The molecule has 1 aliphatic rings. The fourth-order valence-corrected chi connectivity index (χ4v) is 4.87. The molecule has 1 unspecified atom stereocenters. The summed E-state index contributed by atoms with van der Waals surface area (Å²) in [5.41, 5.74) is 4.90. The van der Waals surface area contributed by atoms with E-state index in [0.717, 1.165) is 15.8 Å². The van der Waals surface area contributed by atoms with Crippen molar-refractivity contribution in [2.24, 2.45) is 14.1 Å². The standard InChI is InChI=1S/C21H24N6O3S/c1-11-6-12(2)16(13(3)7-11)14-9-31-20(23-14)24-15(28)8-27-10-22-18-17(27)19(29)26(5)21(30)25(18)4/h6-7,9-10,20,23H,8H2,1-5H3,(H,24,28). The van der Waals surface area contributed by atoms with E-state index in [2.05, 4.69) is 48.5 Å². The van der Waals surface area contributed by atoms with Gasteiger partial charge < -0.3 is 15.2 Å². The smallest absolute Gasteiger partial charge is 0.332 e. The molecule has 0 bridgehead atoms. The van der Waals surface area contributed by atoms with E-state index in [1.807, 2.05) is 5.41 Å². The highest BCUT2D eigenvalue weighted by Gasteiger charge is 2.23. The highest BCUT2D eigenvalue weighted by atomic mass is 32.2. The maximum Gasteiger partial charge on any atom is 0.332 e. The molecule has 0 spiro atoms. The number of nitrogens with zero attached hydrogens (tertiary/aromatic N) is 4. The number of hydrogen-bond acceptors (Lipinski definition) is 6. The van der Waals surface area contributed by atoms with Crippen molar-refractivity contribution in [3.05, 3.63) is 67.0 Å². The third-order valence-corrected chi connectivity index (χ3v) is 6.26. The molecule has 0 saturated carbocycles. The molecule has 4 rings (SSSR count). The topological polar surface area (TPSA) is 103 Å². The summed E-state index contributed by atoms with van der Waals surface area (Å²) in [6.45, 7) is 6.14. The Bertz CT molecular complexity index is 1340. The molecular weight excluding hydrogens is 416 g/mol. The van der Waals surface area contributed by atoms with Crippen LogP contribution in [0.15, 0.2) is 33.5 Å². The van der Waals surface area contributed by atoms with Crippen molar-refractivity contribution in [1.82, 2.24) is 29.3 Å². The molecule has 2 aromatic heterocycles. The van der Waals surface area contributed by atoms with Crippen LogP contribution in [0, 0.1) is 20.8 Å². The molecule has 1 aliphatic heterocycles. The third kappa shape index (κ3) is 3.67. The maximum absolute atomic E-state index is 12.7. The van der Waals surface area contributed by atoms with Crippen molar-refractivity contribution in [1.29, 1.82) is 0 Å². The zero-order valence-corrected chi connectivity index (χ0v) is 18.8. The molecule has 3 heterocycles. The summed E-state index contributed by atoms with van der Waals surface area (Å²) < 4.78 is 3.77. The molecule has 0 fully saturated rings. The molecule has 3 aromatic rings. The summed E-state index contributed by atoms with van der Waals surface area (Å²) in [4.78, 5) is 41.4. The quantitative estimate of drug-likeness (QED) is 0.630. The average Bonchev–Trinajstić information content (AvgIpc) is 3.31. The van der Waals surface area contributed by atoms with Gasteiger partial charge in [-0.05, 0) is 37.3 Å². The van der Waals surface area contributed by atoms with Gasteiger partial charge in [0.05, 0.1) is 12.0 Å². The summed E-state index contributed by atoms with van der Waals surface area (Å²) in [5, 5.41) is 8.28. The van der Waals surface area contributed by atoms with Crippen LogP contribution in [-0.4, -0.2) is 30.1 Å². The number of aromatic nitrogens is 4. The van der Waals surface area contributed by atoms with Crippen LogP contribution in [0.1, 0.15) is 22.3 Å². The molecule has 0 saturated heterocycles. The monoisotopic (exact) mass is 440 g/mol. The van der Waals surface area contributed by atoms with Crippen LogP contribution < -0.4 is 21.9 Å². The van der Waals surface area contributed by atoms with Gasteiger partial charge >= 0.3 is 5.69 Å². The molecule has 2 N–H and O–H groups in total. The fraction of sp³-hybridized carbons (Fsp3) is 0.333. The molecule has 1 atom stereocenters. The molecular formula is C21H24N6O3S. The first-order chi connectivity index (χ1) is 14.7. The van der Waals surface area contributed by atoms with Gasteiger partial charge in [-0.25, -0.2) is 9.78 Å². The minimum absolute atomic E-state index is 0.0827. The van der Waals surface area contributed by atoms with Gasteiger partial charge in [0.25, 0.3) is 5.56 Å². The van der Waals surface area contributed by atoms with Crippen molar-refractivity contribution < 1.29 is 4.79 Å². The van der Waals surface area contributed by atoms with E-state index in [1.165, 1.54) is 51.0 Å². The summed E-state index contributed by atoms with van der Waals surface area (Å²) in [6.07, 6.45) is 1.41. The first kappa shape index (κ1) is 21.0. The molecule has 1 amide bonds. The number of thioether (sulfide) groups is 1. The number of rotatable bonds is 4. The molecule has 0 radical (unpaired) electrons. The van der Waals surface area contributed by atoms with Crippen molar-refractivity contribution in [3.63, 3.8) is 0 Å². The van der Waals surface area contributed by atoms with E-state index in [0.29, 0.717) is 0 Å². The highest BCUT2D eigenvalue weighted by molar-refractivity contribution is 8.03. The number of fused-ring (bicyclic) bond motifs is 1. The van der Waals surface area contributed by atoms with Gasteiger partial charge in [-0.15, -0.1) is 0 Å². The van der Waals surface area contributed by atoms with Crippen molar-refractivity contribution >= 4 is 34.5 Å². The van der Waals surface area contributed by atoms with Crippen LogP contribution >= 0.6 is 11.8 Å². The lowest BCUT2D eigenvalue weighted by atomic mass is 9.98. The van der Waals surface area contributed by atoms with Crippen molar-refractivity contribution in [2.45, 2.75) is 32.8 Å². The minimum Gasteiger partial charge on any atom is -0.356 e. The van der Waals surface area contributed by atoms with Crippen LogP contribution in [-0.2, 0) is 25.4 Å². The summed E-state index contributed by atoms with van der Waals surface area (Å²) in [7, 11) is 2.95. The number of hydrogen-bond donors (Lipinski definition) is 2. The normalized spacial score (nSPS) is 15.8. The van der Waals surface area contributed by atoms with Crippen LogP contribution in [0.2, 0.25) is 0 Å². The average molecular weight is 441 g/mol. The van der Waals surface area contributed by atoms with E-state index in [9.17, 15) is 14.4 Å². The number of benzene rings is 1. The molecule has 31 heavy (non-hydrogen) atoms. The van der Waals surface area contributed by atoms with E-state index >= 15 is 0 Å². The van der Waals surface area contributed by atoms with Crippen LogP contribution in [0.5, 0.6) is 0 Å². The summed E-state index contributed by atoms with van der Waals surface area (Å²) >= 11 is 1.48. The van der Waals surface area contributed by atoms with Gasteiger partial charge in [0.1, 0.15) is 6.54 Å². The number of carbonyl (C=O) groups is 1. The first-order valence-corrected chi connectivity index (χ1v) is 10.7. The molecule has 10 heteroatoms. The van der Waals surface area contributed by atoms with Crippen molar-refractivity contribution in [2.75, 3.05) is 0 Å². The van der Waals surface area contributed by atoms with Gasteiger partial charge in [0, 0.05) is 19.7 Å². The Morgan fingerprint density at radius 1 is 1.16 bits per heavy atom. The Morgan fingerprint density at radius 3 is 2.52 bits per heavy atom. The molecule has 1 aromatic carbocycles. The predicted octanol–water partition coefficient (Wildman–Crippen LogP) is 1.09. The Balaban J connectivity index is 1.49. The van der Waals surface area contributed by atoms with E-state index in [-0.39, 0.29) is 29.1 Å². The van der Waals surface area contributed by atoms with E-state index < -0.39 is 11.2 Å². The van der Waals surface area contributed by atoms with E-state index in [1.54, 1.807) is 7.05 Å².